The molecule has 0 bridgehead atoms. The number of hydrogen-bond acceptors (Lipinski definition) is 2. The molecule has 0 spiro atoms. The Hall–Kier alpha value is -1.09. The van der Waals surface area contributed by atoms with E-state index in [-0.39, 0.29) is 5.82 Å². The second-order valence-electron chi connectivity index (χ2n) is 4.76. The van der Waals surface area contributed by atoms with Gasteiger partial charge in [0.2, 0.25) is 0 Å². The molecule has 16 heavy (non-hydrogen) atoms. The van der Waals surface area contributed by atoms with E-state index in [0.29, 0.717) is 18.1 Å². The van der Waals surface area contributed by atoms with Gasteiger partial charge in [0, 0.05) is 6.42 Å². The highest BCUT2D eigenvalue weighted by Gasteiger charge is 2.40. The summed E-state index contributed by atoms with van der Waals surface area (Å²) in [6.45, 7) is 1.81. The summed E-state index contributed by atoms with van der Waals surface area (Å²) in [6.07, 6.45) is 2.56. The lowest BCUT2D eigenvalue weighted by molar-refractivity contribution is 0.0366. The van der Waals surface area contributed by atoms with Gasteiger partial charge in [-0.25, -0.2) is 4.39 Å². The van der Waals surface area contributed by atoms with Crippen LogP contribution in [0.2, 0.25) is 0 Å². The maximum Gasteiger partial charge on any atom is 0.123 e. The maximum absolute atomic E-state index is 13.1. The van der Waals surface area contributed by atoms with E-state index >= 15 is 0 Å². The zero-order valence-electron chi connectivity index (χ0n) is 9.66. The van der Waals surface area contributed by atoms with E-state index in [1.165, 1.54) is 12.1 Å². The van der Waals surface area contributed by atoms with Crippen LogP contribution in [0.15, 0.2) is 18.2 Å². The summed E-state index contributed by atoms with van der Waals surface area (Å²) in [7, 11) is 1.56. The zero-order chi connectivity index (χ0) is 11.8. The topological polar surface area (TPSA) is 29.5 Å². The van der Waals surface area contributed by atoms with Gasteiger partial charge in [0.05, 0.1) is 12.7 Å². The van der Waals surface area contributed by atoms with Gasteiger partial charge in [0.25, 0.3) is 0 Å². The Balaban J connectivity index is 2.21. The van der Waals surface area contributed by atoms with Crippen molar-refractivity contribution in [3.8, 4) is 5.75 Å². The van der Waals surface area contributed by atoms with Crippen LogP contribution in [0.4, 0.5) is 4.39 Å². The molecule has 0 amide bonds. The molecule has 2 nitrogen and oxygen atoms in total. The molecule has 1 aromatic carbocycles. The highest BCUT2D eigenvalue weighted by Crippen LogP contribution is 2.42. The Morgan fingerprint density at radius 1 is 1.50 bits per heavy atom. The molecule has 0 aliphatic heterocycles. The van der Waals surface area contributed by atoms with E-state index in [4.69, 9.17) is 4.74 Å². The first-order valence-corrected chi connectivity index (χ1v) is 5.58. The smallest absolute Gasteiger partial charge is 0.123 e. The first-order valence-electron chi connectivity index (χ1n) is 5.58. The fourth-order valence-corrected chi connectivity index (χ4v) is 2.12. The Morgan fingerprint density at radius 2 is 2.19 bits per heavy atom. The van der Waals surface area contributed by atoms with Crippen molar-refractivity contribution < 1.29 is 14.2 Å². The molecule has 1 aromatic rings. The molecule has 1 saturated carbocycles. The lowest BCUT2D eigenvalue weighted by Gasteiger charge is -2.24. The van der Waals surface area contributed by atoms with Crippen LogP contribution in [0.1, 0.15) is 25.3 Å². The van der Waals surface area contributed by atoms with E-state index in [9.17, 15) is 9.50 Å². The standard InChI is InChI=1S/C13H17FO2/c1-13(15,10-3-4-10)8-9-7-11(14)5-6-12(9)16-2/h5-7,10,15H,3-4,8H2,1-2H3. The van der Waals surface area contributed by atoms with Crippen LogP contribution in [-0.2, 0) is 6.42 Å². The van der Waals surface area contributed by atoms with Crippen LogP contribution in [0, 0.1) is 11.7 Å². The van der Waals surface area contributed by atoms with Crippen molar-refractivity contribution in [2.24, 2.45) is 5.92 Å². The number of ether oxygens (including phenoxy) is 1. The second kappa shape index (κ2) is 4.06. The van der Waals surface area contributed by atoms with Crippen molar-refractivity contribution >= 4 is 0 Å². The van der Waals surface area contributed by atoms with E-state index in [1.54, 1.807) is 13.2 Å². The molecule has 1 aliphatic carbocycles. The minimum absolute atomic E-state index is 0.289. The second-order valence-corrected chi connectivity index (χ2v) is 4.76. The molecule has 2 rings (SSSR count). The molecule has 0 radical (unpaired) electrons. The molecule has 3 heteroatoms. The van der Waals surface area contributed by atoms with E-state index in [0.717, 1.165) is 18.4 Å². The zero-order valence-corrected chi connectivity index (χ0v) is 9.66. The predicted molar refractivity (Wildman–Crippen MR) is 60.0 cm³/mol. The van der Waals surface area contributed by atoms with Crippen molar-refractivity contribution in [2.75, 3.05) is 7.11 Å². The van der Waals surface area contributed by atoms with Crippen molar-refractivity contribution in [1.29, 1.82) is 0 Å². The van der Waals surface area contributed by atoms with Gasteiger partial charge in [0.15, 0.2) is 0 Å². The fourth-order valence-electron chi connectivity index (χ4n) is 2.12. The Kier molecular flexibility index (Phi) is 2.89. The summed E-state index contributed by atoms with van der Waals surface area (Å²) in [4.78, 5) is 0. The molecule has 1 atom stereocenters. The van der Waals surface area contributed by atoms with Crippen LogP contribution < -0.4 is 4.74 Å². The van der Waals surface area contributed by atoms with Crippen LogP contribution in [0.5, 0.6) is 5.75 Å². The number of aliphatic hydroxyl groups is 1. The summed E-state index contributed by atoms with van der Waals surface area (Å²) < 4.78 is 18.3. The lowest BCUT2D eigenvalue weighted by atomic mass is 9.91. The van der Waals surface area contributed by atoms with Crippen molar-refractivity contribution in [3.05, 3.63) is 29.6 Å². The average Bonchev–Trinajstić information content (AvgIpc) is 3.00. The number of methoxy groups -OCH3 is 1. The van der Waals surface area contributed by atoms with Crippen molar-refractivity contribution in [3.63, 3.8) is 0 Å². The molecule has 0 saturated heterocycles. The number of benzene rings is 1. The summed E-state index contributed by atoms with van der Waals surface area (Å²) in [5.74, 6) is 0.699. The Labute approximate surface area is 95.1 Å². The van der Waals surface area contributed by atoms with Crippen molar-refractivity contribution in [1.82, 2.24) is 0 Å². The van der Waals surface area contributed by atoms with E-state index in [2.05, 4.69) is 0 Å². The van der Waals surface area contributed by atoms with Gasteiger partial charge >= 0.3 is 0 Å². The molecule has 1 fully saturated rings. The maximum atomic E-state index is 13.1. The van der Waals surface area contributed by atoms with Gasteiger partial charge < -0.3 is 9.84 Å². The number of rotatable bonds is 4. The SMILES string of the molecule is COc1ccc(F)cc1CC(C)(O)C1CC1. The van der Waals surface area contributed by atoms with Gasteiger partial charge in [-0.1, -0.05) is 0 Å². The number of hydrogen-bond donors (Lipinski definition) is 1. The summed E-state index contributed by atoms with van der Waals surface area (Å²) in [5, 5.41) is 10.2. The van der Waals surface area contributed by atoms with Gasteiger partial charge in [-0.3, -0.25) is 0 Å². The van der Waals surface area contributed by atoms with Crippen LogP contribution >= 0.6 is 0 Å². The minimum Gasteiger partial charge on any atom is -0.496 e. The molecular formula is C13H17FO2. The van der Waals surface area contributed by atoms with Gasteiger partial charge in [0.1, 0.15) is 11.6 Å². The molecular weight excluding hydrogens is 207 g/mol. The van der Waals surface area contributed by atoms with Crippen LogP contribution in [-0.4, -0.2) is 17.8 Å². The predicted octanol–water partition coefficient (Wildman–Crippen LogP) is 2.54. The normalized spacial score (nSPS) is 19.2. The summed E-state index contributed by atoms with van der Waals surface area (Å²) in [5.41, 5.74) is -0.0134. The van der Waals surface area contributed by atoms with Gasteiger partial charge in [-0.2, -0.15) is 0 Å². The fraction of sp³-hybridized carbons (Fsp3) is 0.538. The van der Waals surface area contributed by atoms with Crippen molar-refractivity contribution in [2.45, 2.75) is 31.8 Å². The van der Waals surface area contributed by atoms with Gasteiger partial charge in [-0.05, 0) is 49.4 Å². The Morgan fingerprint density at radius 3 is 2.75 bits per heavy atom. The van der Waals surface area contributed by atoms with Gasteiger partial charge in [-0.15, -0.1) is 0 Å². The molecule has 0 heterocycles. The first kappa shape index (κ1) is 11.4. The minimum atomic E-state index is -0.749. The number of halogens is 1. The van der Waals surface area contributed by atoms with Crippen LogP contribution in [0.25, 0.3) is 0 Å². The molecule has 88 valence electrons. The average molecular weight is 224 g/mol. The molecule has 1 unspecified atom stereocenters. The third-order valence-corrected chi connectivity index (χ3v) is 3.25. The highest BCUT2D eigenvalue weighted by molar-refractivity contribution is 5.35. The third-order valence-electron chi connectivity index (χ3n) is 3.25. The van der Waals surface area contributed by atoms with Crippen LogP contribution in [0.3, 0.4) is 0 Å². The van der Waals surface area contributed by atoms with E-state index in [1.807, 2.05) is 6.92 Å². The largest absolute Gasteiger partial charge is 0.496 e. The van der Waals surface area contributed by atoms with E-state index < -0.39 is 5.60 Å². The third kappa shape index (κ3) is 2.35. The highest BCUT2D eigenvalue weighted by atomic mass is 19.1. The summed E-state index contributed by atoms with van der Waals surface area (Å²) >= 11 is 0. The molecule has 1 N–H and O–H groups in total. The quantitative estimate of drug-likeness (QED) is 0.851. The molecule has 0 aromatic heterocycles. The Bertz CT molecular complexity index is 384. The lowest BCUT2D eigenvalue weighted by Crippen LogP contribution is -2.30. The first-order chi connectivity index (χ1) is 7.53. The molecule has 1 aliphatic rings. The monoisotopic (exact) mass is 224 g/mol. The summed E-state index contributed by atoms with van der Waals surface area (Å²) in [6, 6.07) is 4.41.